The Morgan fingerprint density at radius 2 is 1.72 bits per heavy atom. The van der Waals surface area contributed by atoms with E-state index in [0.29, 0.717) is 27.2 Å². The SMILES string of the molecule is Cc1c(NC(=O)COC(=O)c2cccc(N3C(=O)[C@@H]4[C@H]5C[C@@H]([C@H](Cl)[C@H]5Cl)[C@@H]4C3=O)c2)ccc(Br)c1Cl. The number of hydrogen-bond donors (Lipinski definition) is 1. The van der Waals surface area contributed by atoms with Gasteiger partial charge in [-0.25, -0.2) is 4.79 Å². The van der Waals surface area contributed by atoms with Gasteiger partial charge >= 0.3 is 5.97 Å². The van der Waals surface area contributed by atoms with Crippen LogP contribution in [0.2, 0.25) is 5.02 Å². The predicted octanol–water partition coefficient (Wildman–Crippen LogP) is 5.18. The molecule has 1 aliphatic heterocycles. The van der Waals surface area contributed by atoms with Crippen LogP contribution in [0.1, 0.15) is 22.3 Å². The highest BCUT2D eigenvalue weighted by Gasteiger charge is 2.66. The lowest BCUT2D eigenvalue weighted by molar-refractivity contribution is -0.123. The fraction of sp³-hybridized carbons (Fsp3) is 0.360. The Balaban J connectivity index is 1.26. The van der Waals surface area contributed by atoms with Crippen LogP contribution in [0.25, 0.3) is 0 Å². The molecule has 0 aromatic heterocycles. The number of imide groups is 1. The van der Waals surface area contributed by atoms with E-state index in [-0.39, 0.29) is 45.7 Å². The monoisotopic (exact) mass is 612 g/mol. The highest BCUT2D eigenvalue weighted by atomic mass is 79.9. The molecular weight excluding hydrogens is 595 g/mol. The molecule has 0 spiro atoms. The minimum absolute atomic E-state index is 0.106. The van der Waals surface area contributed by atoms with E-state index in [2.05, 4.69) is 21.2 Å². The van der Waals surface area contributed by atoms with E-state index >= 15 is 0 Å². The highest BCUT2D eigenvalue weighted by molar-refractivity contribution is 9.10. The van der Waals surface area contributed by atoms with E-state index in [4.69, 9.17) is 39.5 Å². The van der Waals surface area contributed by atoms with Crippen molar-refractivity contribution in [3.05, 3.63) is 57.0 Å². The van der Waals surface area contributed by atoms with Crippen LogP contribution in [0.5, 0.6) is 0 Å². The van der Waals surface area contributed by atoms with Crippen molar-refractivity contribution in [1.82, 2.24) is 0 Å². The standard InChI is InChI=1S/C25H20BrCl3N2O5/c1-10-16(6-5-15(26)20(10)27)30-17(32)9-36-25(35)11-3-2-4-12(7-11)31-23(33)18-13-8-14(19(18)24(31)34)22(29)21(13)28/h2-7,13-14,18-19,21-22H,8-9H2,1H3,(H,30,32)/t13-,14-,18-,19+,21+,22+/m1/s1. The zero-order chi connectivity index (χ0) is 25.9. The molecule has 2 saturated carbocycles. The second-order valence-corrected chi connectivity index (χ2v) is 11.5. The summed E-state index contributed by atoms with van der Waals surface area (Å²) in [5, 5.41) is 2.43. The fourth-order valence-electron chi connectivity index (χ4n) is 5.56. The van der Waals surface area contributed by atoms with Crippen LogP contribution >= 0.6 is 50.7 Å². The molecule has 1 N–H and O–H groups in total. The molecule has 2 aromatic rings. The zero-order valence-corrected chi connectivity index (χ0v) is 22.7. The molecule has 7 nitrogen and oxygen atoms in total. The molecular formula is C25H20BrCl3N2O5. The van der Waals surface area contributed by atoms with Crippen molar-refractivity contribution in [3.63, 3.8) is 0 Å². The van der Waals surface area contributed by atoms with E-state index in [1.807, 2.05) is 0 Å². The summed E-state index contributed by atoms with van der Waals surface area (Å²) in [4.78, 5) is 52.5. The maximum atomic E-state index is 13.2. The Morgan fingerprint density at radius 3 is 2.36 bits per heavy atom. The number of esters is 1. The lowest BCUT2D eigenvalue weighted by Gasteiger charge is -2.28. The fourth-order valence-corrected chi connectivity index (χ4v) is 7.05. The van der Waals surface area contributed by atoms with Gasteiger partial charge in [-0.2, -0.15) is 0 Å². The Bertz CT molecular complexity index is 1270. The Kier molecular flexibility index (Phi) is 6.83. The Labute approximate surface area is 230 Å². The molecule has 5 rings (SSSR count). The van der Waals surface area contributed by atoms with E-state index in [1.165, 1.54) is 12.1 Å². The number of carbonyl (C=O) groups is 4. The van der Waals surface area contributed by atoms with Crippen molar-refractivity contribution in [2.75, 3.05) is 16.8 Å². The van der Waals surface area contributed by atoms with Gasteiger partial charge in [0.05, 0.1) is 38.9 Å². The largest absolute Gasteiger partial charge is 0.452 e. The highest BCUT2D eigenvalue weighted by Crippen LogP contribution is 2.59. The number of hydrogen-bond acceptors (Lipinski definition) is 5. The van der Waals surface area contributed by atoms with E-state index in [0.717, 1.165) is 4.90 Å². The predicted molar refractivity (Wildman–Crippen MR) is 140 cm³/mol. The minimum Gasteiger partial charge on any atom is -0.452 e. The Morgan fingerprint density at radius 1 is 1.08 bits per heavy atom. The van der Waals surface area contributed by atoms with Gasteiger partial charge < -0.3 is 10.1 Å². The average molecular weight is 615 g/mol. The maximum absolute atomic E-state index is 13.2. The molecule has 2 bridgehead atoms. The second-order valence-electron chi connectivity index (χ2n) is 9.22. The van der Waals surface area contributed by atoms with Gasteiger partial charge in [0, 0.05) is 10.2 Å². The number of alkyl halides is 2. The number of amides is 3. The lowest BCUT2D eigenvalue weighted by atomic mass is 9.80. The van der Waals surface area contributed by atoms with Gasteiger partial charge in [0.15, 0.2) is 6.61 Å². The molecule has 3 amide bonds. The summed E-state index contributed by atoms with van der Waals surface area (Å²) in [5.74, 6) is -3.20. The molecule has 2 aliphatic carbocycles. The number of nitrogens with one attached hydrogen (secondary N) is 1. The topological polar surface area (TPSA) is 92.8 Å². The first-order valence-corrected chi connectivity index (χ1v) is 13.3. The number of nitrogens with zero attached hydrogens (tertiary/aromatic N) is 1. The molecule has 188 valence electrons. The van der Waals surface area contributed by atoms with E-state index in [9.17, 15) is 19.2 Å². The number of carbonyl (C=O) groups excluding carboxylic acids is 4. The van der Waals surface area contributed by atoms with Crippen molar-refractivity contribution in [3.8, 4) is 0 Å². The van der Waals surface area contributed by atoms with Crippen LogP contribution < -0.4 is 10.2 Å². The van der Waals surface area contributed by atoms with E-state index in [1.54, 1.807) is 31.2 Å². The van der Waals surface area contributed by atoms with Crippen molar-refractivity contribution in [2.45, 2.75) is 24.1 Å². The number of ether oxygens (including phenoxy) is 1. The summed E-state index contributed by atoms with van der Waals surface area (Å²) < 4.78 is 5.85. The summed E-state index contributed by atoms with van der Waals surface area (Å²) in [6, 6.07) is 9.41. The summed E-state index contributed by atoms with van der Waals surface area (Å²) >= 11 is 22.3. The number of halogens is 4. The van der Waals surface area contributed by atoms with Gasteiger partial charge in [-0.05, 0) is 77.0 Å². The molecule has 2 aromatic carbocycles. The second kappa shape index (κ2) is 9.63. The van der Waals surface area contributed by atoms with Crippen LogP contribution in [0.4, 0.5) is 11.4 Å². The zero-order valence-electron chi connectivity index (χ0n) is 18.8. The summed E-state index contributed by atoms with van der Waals surface area (Å²) in [5.41, 5.74) is 1.54. The van der Waals surface area contributed by atoms with Gasteiger partial charge in [0.1, 0.15) is 0 Å². The third-order valence-corrected chi connectivity index (χ3v) is 9.97. The van der Waals surface area contributed by atoms with Crippen molar-refractivity contribution < 1.29 is 23.9 Å². The molecule has 3 fully saturated rings. The molecule has 11 heteroatoms. The average Bonchev–Trinajstić information content (AvgIpc) is 3.47. The summed E-state index contributed by atoms with van der Waals surface area (Å²) in [6.07, 6.45) is 0.670. The number of anilines is 2. The number of fused-ring (bicyclic) bond motifs is 5. The van der Waals surface area contributed by atoms with Crippen LogP contribution in [0.15, 0.2) is 40.9 Å². The first-order chi connectivity index (χ1) is 17.1. The molecule has 0 unspecified atom stereocenters. The van der Waals surface area contributed by atoms with Crippen LogP contribution in [-0.2, 0) is 19.1 Å². The molecule has 3 aliphatic rings. The summed E-state index contributed by atoms with van der Waals surface area (Å²) in [6.45, 7) is 1.22. The first-order valence-electron chi connectivity index (χ1n) is 11.3. The molecule has 0 radical (unpaired) electrons. The molecule has 1 saturated heterocycles. The Hall–Kier alpha value is -2.13. The lowest BCUT2D eigenvalue weighted by Crippen LogP contribution is -2.37. The third kappa shape index (κ3) is 4.12. The maximum Gasteiger partial charge on any atom is 0.338 e. The molecule has 6 atom stereocenters. The molecule has 36 heavy (non-hydrogen) atoms. The van der Waals surface area contributed by atoms with Gasteiger partial charge in [0.2, 0.25) is 11.8 Å². The smallest absolute Gasteiger partial charge is 0.338 e. The summed E-state index contributed by atoms with van der Waals surface area (Å²) in [7, 11) is 0. The minimum atomic E-state index is -0.765. The normalized spacial score (nSPS) is 28.4. The number of benzene rings is 2. The van der Waals surface area contributed by atoms with Crippen molar-refractivity contribution >= 4 is 85.8 Å². The first kappa shape index (κ1) is 25.5. The van der Waals surface area contributed by atoms with Gasteiger partial charge in [0.25, 0.3) is 5.91 Å². The van der Waals surface area contributed by atoms with Crippen LogP contribution in [0.3, 0.4) is 0 Å². The van der Waals surface area contributed by atoms with Gasteiger partial charge in [-0.15, -0.1) is 23.2 Å². The van der Waals surface area contributed by atoms with Crippen LogP contribution in [0, 0.1) is 30.6 Å². The van der Waals surface area contributed by atoms with Gasteiger partial charge in [-0.1, -0.05) is 17.7 Å². The molecule has 1 heterocycles. The van der Waals surface area contributed by atoms with E-state index < -0.39 is 30.3 Å². The van der Waals surface area contributed by atoms with Crippen LogP contribution in [-0.4, -0.2) is 41.1 Å². The van der Waals surface area contributed by atoms with Gasteiger partial charge in [-0.3, -0.25) is 19.3 Å². The number of rotatable bonds is 5. The van der Waals surface area contributed by atoms with Crippen molar-refractivity contribution in [1.29, 1.82) is 0 Å². The third-order valence-electron chi connectivity index (χ3n) is 7.27. The quantitative estimate of drug-likeness (QED) is 0.285. The van der Waals surface area contributed by atoms with Crippen molar-refractivity contribution in [2.24, 2.45) is 23.7 Å².